The van der Waals surface area contributed by atoms with Gasteiger partial charge in [-0.1, -0.05) is 72.8 Å². The second-order valence-electron chi connectivity index (χ2n) is 7.19. The van der Waals surface area contributed by atoms with Crippen molar-refractivity contribution in [2.24, 2.45) is 0 Å². The Morgan fingerprint density at radius 3 is 2.04 bits per heavy atom. The van der Waals surface area contributed by atoms with Gasteiger partial charge in [0.05, 0.1) is 5.41 Å². The number of likely N-dealkylation sites (N-methyl/N-ethyl adjacent to an activating group) is 1. The topological polar surface area (TPSA) is 20.3 Å². The number of nitrogens with zero attached hydrogens (tertiary/aromatic N) is 1. The molecular formula is C24H23NO. The van der Waals surface area contributed by atoms with Crippen LogP contribution in [-0.2, 0) is 23.1 Å². The maximum atomic E-state index is 13.0. The maximum absolute atomic E-state index is 13.0. The summed E-state index contributed by atoms with van der Waals surface area (Å²) in [6.07, 6.45) is 2.04. The molecule has 4 rings (SSSR count). The van der Waals surface area contributed by atoms with Crippen molar-refractivity contribution in [3.8, 4) is 0 Å². The van der Waals surface area contributed by atoms with Crippen molar-refractivity contribution in [3.63, 3.8) is 0 Å². The summed E-state index contributed by atoms with van der Waals surface area (Å²) in [5.74, 6) is 0.135. The number of aryl methyl sites for hydroxylation is 2. The highest BCUT2D eigenvalue weighted by Crippen LogP contribution is 2.45. The fourth-order valence-electron chi connectivity index (χ4n) is 3.97. The molecule has 0 spiro atoms. The molecule has 1 aliphatic heterocycles. The highest BCUT2D eigenvalue weighted by Gasteiger charge is 2.46. The molecule has 1 atom stereocenters. The minimum Gasteiger partial charge on any atom is -0.314 e. The van der Waals surface area contributed by atoms with E-state index >= 15 is 0 Å². The minimum absolute atomic E-state index is 0.135. The number of hydrogen-bond donors (Lipinski definition) is 0. The molecule has 0 bridgehead atoms. The average molecular weight is 341 g/mol. The van der Waals surface area contributed by atoms with Crippen LogP contribution in [0.3, 0.4) is 0 Å². The Kier molecular flexibility index (Phi) is 4.12. The van der Waals surface area contributed by atoms with Crippen LogP contribution in [0, 0.1) is 0 Å². The summed E-state index contributed by atoms with van der Waals surface area (Å²) in [6, 6.07) is 27.2. The summed E-state index contributed by atoms with van der Waals surface area (Å²) in [4.78, 5) is 14.8. The van der Waals surface area contributed by atoms with Gasteiger partial charge in [-0.25, -0.2) is 0 Å². The molecule has 0 fully saturated rings. The van der Waals surface area contributed by atoms with Crippen molar-refractivity contribution in [3.05, 3.63) is 101 Å². The van der Waals surface area contributed by atoms with Crippen molar-refractivity contribution < 1.29 is 4.79 Å². The monoisotopic (exact) mass is 341 g/mol. The fraction of sp³-hybridized carbons (Fsp3) is 0.208. The van der Waals surface area contributed by atoms with Crippen molar-refractivity contribution in [1.29, 1.82) is 0 Å². The number of hydrogen-bond acceptors (Lipinski definition) is 1. The van der Waals surface area contributed by atoms with Crippen molar-refractivity contribution >= 4 is 11.6 Å². The van der Waals surface area contributed by atoms with E-state index in [0.717, 1.165) is 29.7 Å². The van der Waals surface area contributed by atoms with Crippen LogP contribution in [0.4, 0.5) is 5.69 Å². The highest BCUT2D eigenvalue weighted by atomic mass is 16.2. The van der Waals surface area contributed by atoms with E-state index < -0.39 is 5.41 Å². The van der Waals surface area contributed by atoms with Gasteiger partial charge >= 0.3 is 0 Å². The molecule has 0 aromatic heterocycles. The van der Waals surface area contributed by atoms with Crippen molar-refractivity contribution in [2.45, 2.75) is 25.2 Å². The molecule has 1 aliphatic rings. The summed E-state index contributed by atoms with van der Waals surface area (Å²) in [6.45, 7) is 2.04. The first kappa shape index (κ1) is 16.6. The average Bonchev–Trinajstić information content (AvgIpc) is 2.90. The first-order valence-electron chi connectivity index (χ1n) is 9.12. The third kappa shape index (κ3) is 2.62. The summed E-state index contributed by atoms with van der Waals surface area (Å²) < 4.78 is 0. The second-order valence-corrected chi connectivity index (χ2v) is 7.19. The Labute approximate surface area is 155 Å². The lowest BCUT2D eigenvalue weighted by atomic mass is 9.77. The van der Waals surface area contributed by atoms with Crippen molar-refractivity contribution in [2.75, 3.05) is 11.9 Å². The number of carbonyl (C=O) groups is 1. The second kappa shape index (κ2) is 6.45. The van der Waals surface area contributed by atoms with E-state index in [1.165, 1.54) is 11.1 Å². The van der Waals surface area contributed by atoms with E-state index in [0.29, 0.717) is 0 Å². The molecule has 0 aliphatic carbocycles. The zero-order valence-electron chi connectivity index (χ0n) is 15.3. The van der Waals surface area contributed by atoms with E-state index in [2.05, 4.69) is 54.6 Å². The van der Waals surface area contributed by atoms with Crippen LogP contribution in [0.25, 0.3) is 0 Å². The lowest BCUT2D eigenvalue weighted by Crippen LogP contribution is -2.37. The number of anilines is 1. The number of para-hydroxylation sites is 1. The Balaban J connectivity index is 1.60. The van der Waals surface area contributed by atoms with E-state index in [1.54, 1.807) is 4.90 Å². The number of fused-ring (bicyclic) bond motifs is 1. The predicted molar refractivity (Wildman–Crippen MR) is 107 cm³/mol. The smallest absolute Gasteiger partial charge is 0.241 e. The van der Waals surface area contributed by atoms with Crippen LogP contribution in [0.15, 0.2) is 78.9 Å². The van der Waals surface area contributed by atoms with E-state index in [4.69, 9.17) is 0 Å². The molecule has 3 aromatic rings. The third-order valence-corrected chi connectivity index (χ3v) is 5.61. The Bertz CT molecular complexity index is 930. The fourth-order valence-corrected chi connectivity index (χ4v) is 3.97. The van der Waals surface area contributed by atoms with Crippen LogP contribution >= 0.6 is 0 Å². The molecule has 0 saturated carbocycles. The number of carbonyl (C=O) groups excluding carboxylic acids is 1. The van der Waals surface area contributed by atoms with Crippen LogP contribution in [0.1, 0.15) is 29.2 Å². The normalized spacial score (nSPS) is 18.8. The Hall–Kier alpha value is -2.87. The summed E-state index contributed by atoms with van der Waals surface area (Å²) in [7, 11) is 1.86. The molecule has 1 unspecified atom stereocenters. The molecule has 2 heteroatoms. The lowest BCUT2D eigenvalue weighted by Gasteiger charge is -2.24. The summed E-state index contributed by atoms with van der Waals surface area (Å²) >= 11 is 0. The molecule has 130 valence electrons. The van der Waals surface area contributed by atoms with E-state index in [1.807, 2.05) is 38.2 Å². The number of rotatable bonds is 4. The van der Waals surface area contributed by atoms with Gasteiger partial charge in [0, 0.05) is 12.7 Å². The molecule has 1 amide bonds. The first-order chi connectivity index (χ1) is 12.6. The quantitative estimate of drug-likeness (QED) is 0.670. The minimum atomic E-state index is -0.608. The SMILES string of the molecule is CN1C(=O)C(C)(c2ccc(CCc3ccccc3)cc2)c2ccccc21. The van der Waals surface area contributed by atoms with Gasteiger partial charge in [0.15, 0.2) is 0 Å². The predicted octanol–water partition coefficient (Wildman–Crippen LogP) is 4.75. The third-order valence-electron chi connectivity index (χ3n) is 5.61. The first-order valence-corrected chi connectivity index (χ1v) is 9.12. The molecule has 0 saturated heterocycles. The summed E-state index contributed by atoms with van der Waals surface area (Å²) in [5, 5.41) is 0. The van der Waals surface area contributed by atoms with Crippen LogP contribution in [0.2, 0.25) is 0 Å². The zero-order valence-corrected chi connectivity index (χ0v) is 15.3. The van der Waals surface area contributed by atoms with Crippen LogP contribution in [0.5, 0.6) is 0 Å². The largest absolute Gasteiger partial charge is 0.314 e. The number of amides is 1. The summed E-state index contributed by atoms with van der Waals surface area (Å²) in [5.41, 5.74) is 5.20. The van der Waals surface area contributed by atoms with Crippen LogP contribution in [-0.4, -0.2) is 13.0 Å². The van der Waals surface area contributed by atoms with Gasteiger partial charge in [0.25, 0.3) is 0 Å². The molecule has 26 heavy (non-hydrogen) atoms. The molecule has 0 N–H and O–H groups in total. The van der Waals surface area contributed by atoms with Gasteiger partial charge in [-0.15, -0.1) is 0 Å². The molecule has 0 radical (unpaired) electrons. The van der Waals surface area contributed by atoms with E-state index in [9.17, 15) is 4.79 Å². The zero-order chi connectivity index (χ0) is 18.1. The molecular weight excluding hydrogens is 318 g/mol. The highest BCUT2D eigenvalue weighted by molar-refractivity contribution is 6.09. The van der Waals surface area contributed by atoms with Gasteiger partial charge in [-0.3, -0.25) is 4.79 Å². The number of benzene rings is 3. The van der Waals surface area contributed by atoms with Crippen molar-refractivity contribution in [1.82, 2.24) is 0 Å². The molecule has 2 nitrogen and oxygen atoms in total. The van der Waals surface area contributed by atoms with Gasteiger partial charge < -0.3 is 4.90 Å². The lowest BCUT2D eigenvalue weighted by molar-refractivity contribution is -0.121. The standard InChI is InChI=1S/C24H23NO/c1-24(21-10-6-7-11-22(21)25(2)23(24)26)20-16-14-19(15-17-20)13-12-18-8-4-3-5-9-18/h3-11,14-17H,12-13H2,1-2H3. The van der Waals surface area contributed by atoms with Gasteiger partial charge in [0.2, 0.25) is 5.91 Å². The van der Waals surface area contributed by atoms with Crippen LogP contribution < -0.4 is 4.90 Å². The maximum Gasteiger partial charge on any atom is 0.241 e. The van der Waals surface area contributed by atoms with E-state index in [-0.39, 0.29) is 5.91 Å². The van der Waals surface area contributed by atoms with Gasteiger partial charge in [-0.05, 0) is 48.1 Å². The molecule has 3 aromatic carbocycles. The van der Waals surface area contributed by atoms with Gasteiger partial charge in [0.1, 0.15) is 0 Å². The van der Waals surface area contributed by atoms with Gasteiger partial charge in [-0.2, -0.15) is 0 Å². The Morgan fingerprint density at radius 2 is 1.35 bits per heavy atom. The molecule has 1 heterocycles. The Morgan fingerprint density at radius 1 is 0.769 bits per heavy atom.